The summed E-state index contributed by atoms with van der Waals surface area (Å²) in [4.78, 5) is 20.8. The molecule has 3 rings (SSSR count). The van der Waals surface area contributed by atoms with Crippen molar-refractivity contribution in [1.82, 2.24) is 19.7 Å². The average molecular weight is 280 g/mol. The van der Waals surface area contributed by atoms with E-state index in [-0.39, 0.29) is 5.91 Å². The number of hydrogen-bond acceptors (Lipinski definition) is 3. The number of carbonyl (C=O) groups excluding carboxylic acids is 1. The number of hydrogen-bond donors (Lipinski definition) is 1. The van der Waals surface area contributed by atoms with Crippen LogP contribution in [0.15, 0.2) is 48.9 Å². The zero-order valence-corrected chi connectivity index (χ0v) is 11.8. The summed E-state index contributed by atoms with van der Waals surface area (Å²) in [6.45, 7) is 2.47. The van der Waals surface area contributed by atoms with Gasteiger partial charge in [-0.3, -0.25) is 9.78 Å². The van der Waals surface area contributed by atoms with Crippen molar-refractivity contribution in [1.29, 1.82) is 0 Å². The molecule has 0 aliphatic carbocycles. The van der Waals surface area contributed by atoms with Gasteiger partial charge in [-0.25, -0.2) is 4.98 Å². The second kappa shape index (κ2) is 5.75. The molecule has 21 heavy (non-hydrogen) atoms. The van der Waals surface area contributed by atoms with Crippen LogP contribution in [0.1, 0.15) is 28.8 Å². The van der Waals surface area contributed by atoms with E-state index in [9.17, 15) is 4.79 Å². The summed E-state index contributed by atoms with van der Waals surface area (Å²) in [5.41, 5.74) is 2.26. The van der Waals surface area contributed by atoms with Gasteiger partial charge < -0.3 is 9.72 Å². The Morgan fingerprint density at radius 1 is 1.29 bits per heavy atom. The minimum atomic E-state index is -0.165. The zero-order valence-electron chi connectivity index (χ0n) is 11.8. The van der Waals surface area contributed by atoms with Crippen LogP contribution in [0, 0.1) is 0 Å². The van der Waals surface area contributed by atoms with Crippen molar-refractivity contribution < 1.29 is 4.79 Å². The van der Waals surface area contributed by atoms with Crippen LogP contribution in [0.2, 0.25) is 0 Å². The number of pyridine rings is 2. The monoisotopic (exact) mass is 280 g/mol. The maximum absolute atomic E-state index is 12.4. The maximum Gasteiger partial charge on any atom is 0.272 e. The molecule has 5 nitrogen and oxygen atoms in total. The Morgan fingerprint density at radius 3 is 2.95 bits per heavy atom. The SMILES string of the molecule is CCc1nc(C(=O)NCc2cccnc2)c2ccccn12. The first-order chi connectivity index (χ1) is 10.3. The molecule has 106 valence electrons. The normalized spacial score (nSPS) is 10.7. The summed E-state index contributed by atoms with van der Waals surface area (Å²) in [5, 5.41) is 2.89. The molecular formula is C16H16N4O. The molecule has 0 atom stereocenters. The molecule has 3 aromatic rings. The molecule has 0 aliphatic heterocycles. The van der Waals surface area contributed by atoms with Crippen molar-refractivity contribution in [2.75, 3.05) is 0 Å². The van der Waals surface area contributed by atoms with Gasteiger partial charge in [0.1, 0.15) is 5.82 Å². The lowest BCUT2D eigenvalue weighted by molar-refractivity contribution is 0.0948. The van der Waals surface area contributed by atoms with Gasteiger partial charge >= 0.3 is 0 Å². The number of nitrogens with one attached hydrogen (secondary N) is 1. The fourth-order valence-electron chi connectivity index (χ4n) is 2.29. The molecular weight excluding hydrogens is 264 g/mol. The van der Waals surface area contributed by atoms with E-state index in [1.54, 1.807) is 12.4 Å². The van der Waals surface area contributed by atoms with Crippen molar-refractivity contribution in [3.05, 3.63) is 66.0 Å². The van der Waals surface area contributed by atoms with E-state index in [1.807, 2.05) is 47.9 Å². The Balaban J connectivity index is 1.85. The van der Waals surface area contributed by atoms with Crippen molar-refractivity contribution in [2.24, 2.45) is 0 Å². The minimum Gasteiger partial charge on any atom is -0.346 e. The van der Waals surface area contributed by atoms with E-state index in [1.165, 1.54) is 0 Å². The van der Waals surface area contributed by atoms with Gasteiger partial charge in [0.25, 0.3) is 5.91 Å². The topological polar surface area (TPSA) is 59.3 Å². The molecule has 0 aliphatic rings. The second-order valence-corrected chi connectivity index (χ2v) is 4.73. The van der Waals surface area contributed by atoms with Crippen LogP contribution in [0.25, 0.3) is 5.52 Å². The molecule has 1 N–H and O–H groups in total. The number of rotatable bonds is 4. The summed E-state index contributed by atoms with van der Waals surface area (Å²) >= 11 is 0. The number of carbonyl (C=O) groups is 1. The molecule has 0 aromatic carbocycles. The van der Waals surface area contributed by atoms with E-state index >= 15 is 0 Å². The molecule has 0 fully saturated rings. The predicted octanol–water partition coefficient (Wildman–Crippen LogP) is 2.22. The highest BCUT2D eigenvalue weighted by Crippen LogP contribution is 2.13. The summed E-state index contributed by atoms with van der Waals surface area (Å²) in [7, 11) is 0. The van der Waals surface area contributed by atoms with Crippen LogP contribution in [0.5, 0.6) is 0 Å². The predicted molar refractivity (Wildman–Crippen MR) is 80.0 cm³/mol. The molecule has 3 aromatic heterocycles. The third-order valence-electron chi connectivity index (χ3n) is 3.33. The van der Waals surface area contributed by atoms with Crippen molar-refractivity contribution in [3.63, 3.8) is 0 Å². The molecule has 0 unspecified atom stereocenters. The van der Waals surface area contributed by atoms with E-state index in [0.29, 0.717) is 12.2 Å². The van der Waals surface area contributed by atoms with E-state index in [2.05, 4.69) is 15.3 Å². The smallest absolute Gasteiger partial charge is 0.272 e. The number of imidazole rings is 1. The van der Waals surface area contributed by atoms with Gasteiger partial charge in [-0.15, -0.1) is 0 Å². The number of aryl methyl sites for hydroxylation is 1. The lowest BCUT2D eigenvalue weighted by Crippen LogP contribution is -2.23. The van der Waals surface area contributed by atoms with Gasteiger partial charge in [0, 0.05) is 31.6 Å². The van der Waals surface area contributed by atoms with Gasteiger partial charge in [0.05, 0.1) is 5.52 Å². The Labute approximate surface area is 122 Å². The first-order valence-electron chi connectivity index (χ1n) is 6.92. The number of aromatic nitrogens is 3. The van der Waals surface area contributed by atoms with Crippen LogP contribution in [0.4, 0.5) is 0 Å². The molecule has 0 radical (unpaired) electrons. The van der Waals surface area contributed by atoms with Gasteiger partial charge in [-0.2, -0.15) is 0 Å². The van der Waals surface area contributed by atoms with Crippen LogP contribution in [-0.2, 0) is 13.0 Å². The summed E-state index contributed by atoms with van der Waals surface area (Å²) in [5.74, 6) is 0.722. The number of fused-ring (bicyclic) bond motifs is 1. The maximum atomic E-state index is 12.4. The van der Waals surface area contributed by atoms with Crippen LogP contribution < -0.4 is 5.32 Å². The Morgan fingerprint density at radius 2 is 2.19 bits per heavy atom. The van der Waals surface area contributed by atoms with E-state index in [4.69, 9.17) is 0 Å². The standard InChI is InChI=1S/C16H16N4O/c1-2-14-19-15(13-7-3-4-9-20(13)14)16(21)18-11-12-6-5-8-17-10-12/h3-10H,2,11H2,1H3,(H,18,21). The molecule has 0 saturated carbocycles. The molecule has 3 heterocycles. The summed E-state index contributed by atoms with van der Waals surface area (Å²) < 4.78 is 1.96. The highest BCUT2D eigenvalue weighted by Gasteiger charge is 2.15. The van der Waals surface area contributed by atoms with Crippen molar-refractivity contribution in [3.8, 4) is 0 Å². The van der Waals surface area contributed by atoms with Gasteiger partial charge in [0.15, 0.2) is 5.69 Å². The first-order valence-corrected chi connectivity index (χ1v) is 6.92. The Kier molecular flexibility index (Phi) is 3.64. The fraction of sp³-hybridized carbons (Fsp3) is 0.188. The third-order valence-corrected chi connectivity index (χ3v) is 3.33. The van der Waals surface area contributed by atoms with E-state index < -0.39 is 0 Å². The lowest BCUT2D eigenvalue weighted by Gasteiger charge is -2.03. The average Bonchev–Trinajstić information content (AvgIpc) is 2.92. The summed E-state index contributed by atoms with van der Waals surface area (Å²) in [6.07, 6.45) is 6.16. The highest BCUT2D eigenvalue weighted by molar-refractivity contribution is 5.99. The van der Waals surface area contributed by atoms with Crippen molar-refractivity contribution >= 4 is 11.4 Å². The zero-order chi connectivity index (χ0) is 14.7. The Bertz CT molecular complexity index is 764. The first kappa shape index (κ1) is 13.3. The molecule has 0 saturated heterocycles. The number of nitrogens with zero attached hydrogens (tertiary/aromatic N) is 3. The highest BCUT2D eigenvalue weighted by atomic mass is 16.1. The van der Waals surface area contributed by atoms with Crippen molar-refractivity contribution in [2.45, 2.75) is 19.9 Å². The number of amides is 1. The molecule has 0 bridgehead atoms. The Hall–Kier alpha value is -2.69. The molecule has 0 spiro atoms. The van der Waals surface area contributed by atoms with Gasteiger partial charge in [0.2, 0.25) is 0 Å². The lowest BCUT2D eigenvalue weighted by atomic mass is 10.2. The van der Waals surface area contributed by atoms with Gasteiger partial charge in [-0.1, -0.05) is 19.1 Å². The van der Waals surface area contributed by atoms with Crippen LogP contribution >= 0.6 is 0 Å². The minimum absolute atomic E-state index is 0.165. The van der Waals surface area contributed by atoms with Crippen LogP contribution in [-0.4, -0.2) is 20.3 Å². The van der Waals surface area contributed by atoms with Crippen LogP contribution in [0.3, 0.4) is 0 Å². The van der Waals surface area contributed by atoms with Gasteiger partial charge in [-0.05, 0) is 23.8 Å². The molecule has 1 amide bonds. The largest absolute Gasteiger partial charge is 0.346 e. The quantitative estimate of drug-likeness (QED) is 0.797. The summed E-state index contributed by atoms with van der Waals surface area (Å²) in [6, 6.07) is 9.53. The second-order valence-electron chi connectivity index (χ2n) is 4.73. The van der Waals surface area contributed by atoms with E-state index in [0.717, 1.165) is 23.3 Å². The third kappa shape index (κ3) is 2.63. The molecule has 5 heteroatoms. The fourth-order valence-corrected chi connectivity index (χ4v) is 2.29.